The Morgan fingerprint density at radius 2 is 1.72 bits per heavy atom. The lowest BCUT2D eigenvalue weighted by molar-refractivity contribution is -0.114. The minimum absolute atomic E-state index is 0.0973. The number of carbonyl (C=O) groups excluding carboxylic acids is 1. The first-order valence-electron chi connectivity index (χ1n) is 8.26. The second-order valence-electron chi connectivity index (χ2n) is 6.07. The molecule has 0 aliphatic rings. The van der Waals surface area contributed by atoms with Crippen molar-refractivity contribution in [2.75, 3.05) is 17.2 Å². The van der Waals surface area contributed by atoms with Crippen molar-refractivity contribution < 1.29 is 4.79 Å². The van der Waals surface area contributed by atoms with Crippen molar-refractivity contribution >= 4 is 17.3 Å². The van der Waals surface area contributed by atoms with Crippen LogP contribution in [0.15, 0.2) is 54.7 Å². The third kappa shape index (κ3) is 3.71. The molecule has 1 amide bonds. The Kier molecular flexibility index (Phi) is 4.84. The van der Waals surface area contributed by atoms with Crippen LogP contribution < -0.4 is 10.6 Å². The molecule has 3 rings (SSSR count). The molecule has 2 N–H and O–H groups in total. The molecular formula is C20H22N4O. The standard InChI is InChI=1S/C20H22N4O/c1-14-7-6-8-15(2)20(14)21-13-19(25)23-17-9-4-5-10-18(17)24-16(3)11-12-22-24/h4-12,21H,13H2,1-3H3,(H,23,25). The summed E-state index contributed by atoms with van der Waals surface area (Å²) in [5, 5.41) is 10.5. The molecule has 128 valence electrons. The van der Waals surface area contributed by atoms with Gasteiger partial charge in [-0.1, -0.05) is 30.3 Å². The highest BCUT2D eigenvalue weighted by molar-refractivity contribution is 5.95. The maximum Gasteiger partial charge on any atom is 0.243 e. The Hall–Kier alpha value is -3.08. The van der Waals surface area contributed by atoms with E-state index in [9.17, 15) is 4.79 Å². The summed E-state index contributed by atoms with van der Waals surface area (Å²) in [7, 11) is 0. The molecule has 0 fully saturated rings. The van der Waals surface area contributed by atoms with E-state index in [0.29, 0.717) is 0 Å². The third-order valence-electron chi connectivity index (χ3n) is 4.15. The molecule has 3 aromatic rings. The van der Waals surface area contributed by atoms with Gasteiger partial charge in [-0.25, -0.2) is 4.68 Å². The first kappa shape index (κ1) is 16.8. The number of nitrogens with zero attached hydrogens (tertiary/aromatic N) is 2. The van der Waals surface area contributed by atoms with Crippen LogP contribution in [0.2, 0.25) is 0 Å². The van der Waals surface area contributed by atoms with Gasteiger partial charge in [-0.2, -0.15) is 5.10 Å². The van der Waals surface area contributed by atoms with Crippen molar-refractivity contribution in [3.05, 3.63) is 71.5 Å². The number of rotatable bonds is 5. The fourth-order valence-corrected chi connectivity index (χ4v) is 2.84. The van der Waals surface area contributed by atoms with Crippen LogP contribution in [0, 0.1) is 20.8 Å². The molecule has 1 heterocycles. The van der Waals surface area contributed by atoms with Crippen molar-refractivity contribution in [1.82, 2.24) is 9.78 Å². The van der Waals surface area contributed by atoms with E-state index in [1.165, 1.54) is 0 Å². The molecule has 1 aromatic heterocycles. The highest BCUT2D eigenvalue weighted by Crippen LogP contribution is 2.21. The largest absolute Gasteiger partial charge is 0.376 e. The highest BCUT2D eigenvalue weighted by atomic mass is 16.1. The van der Waals surface area contributed by atoms with E-state index in [1.54, 1.807) is 6.20 Å². The van der Waals surface area contributed by atoms with Crippen molar-refractivity contribution in [3.63, 3.8) is 0 Å². The number of amides is 1. The summed E-state index contributed by atoms with van der Waals surface area (Å²) in [6.45, 7) is 6.25. The zero-order valence-corrected chi connectivity index (χ0v) is 14.7. The zero-order valence-electron chi connectivity index (χ0n) is 14.7. The van der Waals surface area contributed by atoms with E-state index in [0.717, 1.165) is 33.9 Å². The minimum Gasteiger partial charge on any atom is -0.376 e. The molecule has 5 nitrogen and oxygen atoms in total. The summed E-state index contributed by atoms with van der Waals surface area (Å²) in [6, 6.07) is 15.7. The van der Waals surface area contributed by atoms with Crippen LogP contribution in [0.25, 0.3) is 5.69 Å². The molecular weight excluding hydrogens is 312 g/mol. The van der Waals surface area contributed by atoms with E-state index < -0.39 is 0 Å². The number of benzene rings is 2. The molecule has 0 aliphatic heterocycles. The minimum atomic E-state index is -0.0973. The van der Waals surface area contributed by atoms with Crippen LogP contribution >= 0.6 is 0 Å². The maximum atomic E-state index is 12.4. The molecule has 0 radical (unpaired) electrons. The monoisotopic (exact) mass is 334 g/mol. The molecule has 2 aromatic carbocycles. The van der Waals surface area contributed by atoms with Gasteiger partial charge >= 0.3 is 0 Å². The van der Waals surface area contributed by atoms with E-state index in [-0.39, 0.29) is 12.5 Å². The molecule has 0 unspecified atom stereocenters. The van der Waals surface area contributed by atoms with Crippen LogP contribution in [-0.4, -0.2) is 22.2 Å². The van der Waals surface area contributed by atoms with Crippen LogP contribution in [0.3, 0.4) is 0 Å². The third-order valence-corrected chi connectivity index (χ3v) is 4.15. The van der Waals surface area contributed by atoms with Crippen LogP contribution in [0.4, 0.5) is 11.4 Å². The van der Waals surface area contributed by atoms with E-state index in [2.05, 4.69) is 15.7 Å². The number of anilines is 2. The molecule has 0 bridgehead atoms. The lowest BCUT2D eigenvalue weighted by atomic mass is 10.1. The smallest absolute Gasteiger partial charge is 0.243 e. The quantitative estimate of drug-likeness (QED) is 0.745. The summed E-state index contributed by atoms with van der Waals surface area (Å²) in [5.41, 5.74) is 5.86. The van der Waals surface area contributed by atoms with Gasteiger partial charge in [-0.3, -0.25) is 4.79 Å². The van der Waals surface area contributed by atoms with E-state index in [1.807, 2.05) is 74.0 Å². The number of hydrogen-bond donors (Lipinski definition) is 2. The van der Waals surface area contributed by atoms with Crippen molar-refractivity contribution in [2.45, 2.75) is 20.8 Å². The van der Waals surface area contributed by atoms with Crippen molar-refractivity contribution in [2.24, 2.45) is 0 Å². The number of carbonyl (C=O) groups is 1. The second kappa shape index (κ2) is 7.21. The van der Waals surface area contributed by atoms with Crippen molar-refractivity contribution in [3.8, 4) is 5.69 Å². The molecule has 0 saturated heterocycles. The fraction of sp³-hybridized carbons (Fsp3) is 0.200. The lowest BCUT2D eigenvalue weighted by Gasteiger charge is -2.15. The van der Waals surface area contributed by atoms with Crippen molar-refractivity contribution in [1.29, 1.82) is 0 Å². The lowest BCUT2D eigenvalue weighted by Crippen LogP contribution is -2.23. The van der Waals surface area contributed by atoms with E-state index in [4.69, 9.17) is 0 Å². The topological polar surface area (TPSA) is 59.0 Å². The SMILES string of the molecule is Cc1cccc(C)c1NCC(=O)Nc1ccccc1-n1nccc1C. The first-order chi connectivity index (χ1) is 12.1. The summed E-state index contributed by atoms with van der Waals surface area (Å²) in [5.74, 6) is -0.0973. The van der Waals surface area contributed by atoms with Gasteiger partial charge in [0.05, 0.1) is 17.9 Å². The van der Waals surface area contributed by atoms with Gasteiger partial charge in [-0.15, -0.1) is 0 Å². The van der Waals surface area contributed by atoms with Gasteiger partial charge < -0.3 is 10.6 Å². The summed E-state index contributed by atoms with van der Waals surface area (Å²) in [4.78, 5) is 12.4. The molecule has 0 spiro atoms. The predicted octanol–water partition coefficient (Wildman–Crippen LogP) is 3.85. The highest BCUT2D eigenvalue weighted by Gasteiger charge is 2.10. The van der Waals surface area contributed by atoms with Gasteiger partial charge in [0, 0.05) is 17.6 Å². The molecule has 0 aliphatic carbocycles. The maximum absolute atomic E-state index is 12.4. The Morgan fingerprint density at radius 1 is 1.00 bits per heavy atom. The number of para-hydroxylation sites is 3. The normalized spacial score (nSPS) is 10.5. The van der Waals surface area contributed by atoms with Gasteiger partial charge in [0.2, 0.25) is 5.91 Å². The summed E-state index contributed by atoms with van der Waals surface area (Å²) in [6.07, 6.45) is 1.75. The van der Waals surface area contributed by atoms with Gasteiger partial charge in [0.1, 0.15) is 0 Å². The number of nitrogens with one attached hydrogen (secondary N) is 2. The Labute approximate surface area is 147 Å². The first-order valence-corrected chi connectivity index (χ1v) is 8.26. The summed E-state index contributed by atoms with van der Waals surface area (Å²) < 4.78 is 1.81. The van der Waals surface area contributed by atoms with Gasteiger partial charge in [-0.05, 0) is 50.1 Å². The Morgan fingerprint density at radius 3 is 2.40 bits per heavy atom. The fourth-order valence-electron chi connectivity index (χ4n) is 2.84. The molecule has 0 saturated carbocycles. The Balaban J connectivity index is 1.73. The van der Waals surface area contributed by atoms with Crippen LogP contribution in [0.5, 0.6) is 0 Å². The average molecular weight is 334 g/mol. The van der Waals surface area contributed by atoms with E-state index >= 15 is 0 Å². The van der Waals surface area contributed by atoms with Gasteiger partial charge in [0.15, 0.2) is 0 Å². The summed E-state index contributed by atoms with van der Waals surface area (Å²) >= 11 is 0. The molecule has 0 atom stereocenters. The molecule has 25 heavy (non-hydrogen) atoms. The predicted molar refractivity (Wildman–Crippen MR) is 101 cm³/mol. The zero-order chi connectivity index (χ0) is 17.8. The number of aryl methyl sites for hydroxylation is 3. The Bertz CT molecular complexity index is 878. The number of aromatic nitrogens is 2. The average Bonchev–Trinajstić information content (AvgIpc) is 3.01. The number of hydrogen-bond acceptors (Lipinski definition) is 3. The molecule has 5 heteroatoms. The second-order valence-corrected chi connectivity index (χ2v) is 6.07. The van der Waals surface area contributed by atoms with Gasteiger partial charge in [0.25, 0.3) is 0 Å². The van der Waals surface area contributed by atoms with Crippen LogP contribution in [-0.2, 0) is 4.79 Å². The van der Waals surface area contributed by atoms with Crippen LogP contribution in [0.1, 0.15) is 16.8 Å².